The first kappa shape index (κ1) is 40.3. The fourth-order valence-corrected chi connectivity index (χ4v) is 1.79. The molecular weight excluding hydrogens is 482 g/mol. The summed E-state index contributed by atoms with van der Waals surface area (Å²) in [7, 11) is 0. The lowest BCUT2D eigenvalue weighted by molar-refractivity contribution is -0.140. The van der Waals surface area contributed by atoms with Crippen molar-refractivity contribution in [2.45, 2.75) is 78.0 Å². The third-order valence-electron chi connectivity index (χ3n) is 3.97. The first-order valence-electron chi connectivity index (χ1n) is 11.1. The van der Waals surface area contributed by atoms with Crippen molar-refractivity contribution in [3.63, 3.8) is 0 Å². The lowest BCUT2D eigenvalue weighted by Gasteiger charge is -2.07. The zero-order valence-corrected chi connectivity index (χ0v) is 21.6. The summed E-state index contributed by atoms with van der Waals surface area (Å²) < 4.78 is 0. The summed E-state index contributed by atoms with van der Waals surface area (Å²) in [6.07, 6.45) is 2.33. The van der Waals surface area contributed by atoms with Crippen LogP contribution in [0.4, 0.5) is 0 Å². The molecule has 0 spiro atoms. The van der Waals surface area contributed by atoms with Gasteiger partial charge in [0.1, 0.15) is 24.2 Å². The molecule has 1 aliphatic rings. The van der Waals surface area contributed by atoms with Gasteiger partial charge in [0, 0.05) is 0 Å². The Morgan fingerprint density at radius 3 is 1.33 bits per heavy atom. The average Bonchev–Trinajstić information content (AvgIpc) is 3.29. The average molecular weight is 528 g/mol. The van der Waals surface area contributed by atoms with E-state index in [1.54, 1.807) is 13.8 Å². The zero-order valence-electron chi connectivity index (χ0n) is 21.6. The molecule has 4 atom stereocenters. The molecule has 0 aliphatic carbocycles. The van der Waals surface area contributed by atoms with Crippen LogP contribution in [0.1, 0.15) is 53.9 Å². The molecule has 0 bridgehead atoms. The van der Waals surface area contributed by atoms with Gasteiger partial charge in [-0.25, -0.2) is 0 Å². The van der Waals surface area contributed by atoms with Crippen LogP contribution < -0.4 is 28.3 Å². The Kier molecular flexibility index (Phi) is 26.7. The molecular formula is C21H45N5O10. The smallest absolute Gasteiger partial charge is 0.320 e. The largest absolute Gasteiger partial charge is 0.480 e. The molecule has 0 aromatic rings. The topological polar surface area (TPSA) is 303 Å². The first-order valence-corrected chi connectivity index (χ1v) is 11.1. The van der Waals surface area contributed by atoms with Crippen molar-refractivity contribution in [2.24, 2.45) is 34.8 Å². The van der Waals surface area contributed by atoms with E-state index in [0.717, 1.165) is 19.4 Å². The van der Waals surface area contributed by atoms with Gasteiger partial charge in [0.05, 0.1) is 6.54 Å². The maximum atomic E-state index is 10.1. The van der Waals surface area contributed by atoms with Gasteiger partial charge in [0.2, 0.25) is 0 Å². The Morgan fingerprint density at radius 1 is 0.833 bits per heavy atom. The Bertz CT molecular complexity index is 627. The fraction of sp³-hybridized carbons (Fsp3) is 0.762. The molecule has 0 saturated carbocycles. The highest BCUT2D eigenvalue weighted by Gasteiger charge is 2.20. The number of hydrogen-bond donors (Lipinski definition) is 10. The van der Waals surface area contributed by atoms with Crippen molar-refractivity contribution in [3.8, 4) is 0 Å². The Morgan fingerprint density at radius 2 is 1.25 bits per heavy atom. The van der Waals surface area contributed by atoms with Crippen LogP contribution in [-0.2, 0) is 24.0 Å². The second-order valence-electron chi connectivity index (χ2n) is 8.39. The van der Waals surface area contributed by atoms with Gasteiger partial charge in [-0.15, -0.1) is 0 Å². The van der Waals surface area contributed by atoms with Crippen LogP contribution in [0, 0.1) is 11.8 Å². The third kappa shape index (κ3) is 31.1. The van der Waals surface area contributed by atoms with Crippen LogP contribution >= 0.6 is 0 Å². The molecule has 1 rings (SSSR count). The fourth-order valence-electron chi connectivity index (χ4n) is 1.79. The third-order valence-corrected chi connectivity index (χ3v) is 3.97. The van der Waals surface area contributed by atoms with Crippen molar-refractivity contribution < 1.29 is 49.5 Å². The minimum absolute atomic E-state index is 0.0208. The summed E-state index contributed by atoms with van der Waals surface area (Å²) in [4.78, 5) is 49.1. The van der Waals surface area contributed by atoms with Gasteiger partial charge in [-0.05, 0) is 44.6 Å². The Balaban J connectivity index is -0.000000180. The SMILES string of the molecule is CC(C)C(N)C(=O)O.CC(C)CC(N)C(=O)O.CC(N)C(=O)O.NCC(=O)O.O=C(O)C1CCCN1. The Labute approximate surface area is 211 Å². The molecule has 1 heterocycles. The number of rotatable bonds is 8. The van der Waals surface area contributed by atoms with E-state index < -0.39 is 48.0 Å². The summed E-state index contributed by atoms with van der Waals surface area (Å²) in [6.45, 7) is 9.45. The summed E-state index contributed by atoms with van der Waals surface area (Å²) in [5, 5.41) is 43.2. The first-order chi connectivity index (χ1) is 16.3. The number of hydrogen-bond acceptors (Lipinski definition) is 10. The van der Waals surface area contributed by atoms with E-state index in [9.17, 15) is 24.0 Å². The molecule has 14 N–H and O–H groups in total. The Hall–Kier alpha value is -2.85. The molecule has 0 radical (unpaired) electrons. The van der Waals surface area contributed by atoms with Gasteiger partial charge in [0.25, 0.3) is 0 Å². The lowest BCUT2D eigenvalue weighted by Crippen LogP contribution is -2.34. The van der Waals surface area contributed by atoms with Gasteiger partial charge in [0.15, 0.2) is 0 Å². The molecule has 0 aromatic carbocycles. The minimum atomic E-state index is -0.968. The predicted molar refractivity (Wildman–Crippen MR) is 132 cm³/mol. The molecule has 1 aliphatic heterocycles. The quantitative estimate of drug-likeness (QED) is 0.177. The van der Waals surface area contributed by atoms with E-state index >= 15 is 0 Å². The molecule has 15 heteroatoms. The molecule has 15 nitrogen and oxygen atoms in total. The monoisotopic (exact) mass is 527 g/mol. The van der Waals surface area contributed by atoms with Crippen molar-refractivity contribution in [3.05, 3.63) is 0 Å². The number of nitrogens with two attached hydrogens (primary N) is 4. The number of nitrogens with one attached hydrogen (secondary N) is 1. The summed E-state index contributed by atoms with van der Waals surface area (Å²) in [5.41, 5.74) is 19.8. The van der Waals surface area contributed by atoms with Gasteiger partial charge < -0.3 is 53.8 Å². The number of aliphatic carboxylic acids is 5. The summed E-state index contributed by atoms with van der Waals surface area (Å²) in [5.74, 6) is -4.12. The van der Waals surface area contributed by atoms with E-state index in [1.807, 2.05) is 13.8 Å². The van der Waals surface area contributed by atoms with Gasteiger partial charge in [-0.2, -0.15) is 0 Å². The van der Waals surface area contributed by atoms with Crippen molar-refractivity contribution in [2.75, 3.05) is 13.1 Å². The molecule has 1 saturated heterocycles. The maximum absolute atomic E-state index is 10.1. The van der Waals surface area contributed by atoms with Gasteiger partial charge in [-0.1, -0.05) is 27.7 Å². The highest BCUT2D eigenvalue weighted by Crippen LogP contribution is 2.03. The van der Waals surface area contributed by atoms with Crippen LogP contribution in [0.15, 0.2) is 0 Å². The number of carboxylic acids is 5. The number of carbonyl (C=O) groups is 5. The predicted octanol–water partition coefficient (Wildman–Crippen LogP) is -1.23. The highest BCUT2D eigenvalue weighted by molar-refractivity contribution is 5.74. The van der Waals surface area contributed by atoms with Crippen LogP contribution in [0.5, 0.6) is 0 Å². The van der Waals surface area contributed by atoms with E-state index in [2.05, 4.69) is 11.1 Å². The molecule has 214 valence electrons. The highest BCUT2D eigenvalue weighted by atomic mass is 16.4. The second kappa shape index (κ2) is 23.9. The van der Waals surface area contributed by atoms with E-state index in [0.29, 0.717) is 12.3 Å². The van der Waals surface area contributed by atoms with Crippen LogP contribution in [0.2, 0.25) is 0 Å². The second-order valence-corrected chi connectivity index (χ2v) is 8.39. The minimum Gasteiger partial charge on any atom is -0.480 e. The summed E-state index contributed by atoms with van der Waals surface area (Å²) in [6, 6.07) is -2.40. The van der Waals surface area contributed by atoms with Crippen LogP contribution in [0.25, 0.3) is 0 Å². The zero-order chi connectivity index (χ0) is 29.6. The summed E-state index contributed by atoms with van der Waals surface area (Å²) >= 11 is 0. The maximum Gasteiger partial charge on any atom is 0.320 e. The van der Waals surface area contributed by atoms with Gasteiger partial charge >= 0.3 is 29.8 Å². The van der Waals surface area contributed by atoms with Crippen molar-refractivity contribution >= 4 is 29.8 Å². The van der Waals surface area contributed by atoms with E-state index in [4.69, 9.17) is 42.7 Å². The normalized spacial score (nSPS) is 16.1. The van der Waals surface area contributed by atoms with Crippen LogP contribution in [-0.4, -0.2) is 92.6 Å². The lowest BCUT2D eigenvalue weighted by atomic mass is 10.1. The number of carboxylic acid groups (broad SMARTS) is 5. The van der Waals surface area contributed by atoms with Crippen molar-refractivity contribution in [1.82, 2.24) is 5.32 Å². The molecule has 1 fully saturated rings. The van der Waals surface area contributed by atoms with E-state index in [-0.39, 0.29) is 18.5 Å². The molecule has 0 aromatic heterocycles. The van der Waals surface area contributed by atoms with Crippen LogP contribution in [0.3, 0.4) is 0 Å². The molecule has 36 heavy (non-hydrogen) atoms. The van der Waals surface area contributed by atoms with E-state index in [1.165, 1.54) is 6.92 Å². The molecule has 0 amide bonds. The van der Waals surface area contributed by atoms with Crippen molar-refractivity contribution in [1.29, 1.82) is 0 Å². The standard InChI is InChI=1S/C6H13NO2.C5H9NO2.C5H11NO2.C3H7NO2.C2H5NO2/c1-4(2)3-5(7)6(8)9;7-5(8)4-2-1-3-6-4;1-3(2)4(6)5(7)8;1-2(4)3(5)6;3-1-2(4)5/h4-5H,3,7H2,1-2H3,(H,8,9);4,6H,1-3H2,(H,7,8);3-4H,6H2,1-2H3,(H,7,8);2H,4H2,1H3,(H,5,6);1,3H2,(H,4,5). The van der Waals surface area contributed by atoms with Gasteiger partial charge in [-0.3, -0.25) is 24.0 Å². The molecule has 4 unspecified atom stereocenters.